The van der Waals surface area contributed by atoms with Gasteiger partial charge in [-0.25, -0.2) is 4.39 Å². The topological polar surface area (TPSA) is 12.0 Å². The maximum atomic E-state index is 13.6. The van der Waals surface area contributed by atoms with Gasteiger partial charge >= 0.3 is 0 Å². The highest BCUT2D eigenvalue weighted by Crippen LogP contribution is 2.26. The van der Waals surface area contributed by atoms with E-state index in [0.29, 0.717) is 23.2 Å². The van der Waals surface area contributed by atoms with Gasteiger partial charge in [-0.1, -0.05) is 30.9 Å². The maximum absolute atomic E-state index is 13.6. The van der Waals surface area contributed by atoms with Crippen molar-refractivity contribution in [3.05, 3.63) is 34.6 Å². The zero-order valence-electron chi connectivity index (χ0n) is 10.9. The fourth-order valence-electron chi connectivity index (χ4n) is 2.75. The van der Waals surface area contributed by atoms with Crippen LogP contribution < -0.4 is 5.32 Å². The average molecular weight is 270 g/mol. The van der Waals surface area contributed by atoms with Gasteiger partial charge in [-0.3, -0.25) is 0 Å². The summed E-state index contributed by atoms with van der Waals surface area (Å²) in [6.45, 7) is 2.77. The first-order chi connectivity index (χ1) is 8.66. The van der Waals surface area contributed by atoms with Crippen LogP contribution in [-0.4, -0.2) is 6.04 Å². The van der Waals surface area contributed by atoms with Crippen molar-refractivity contribution in [3.8, 4) is 0 Å². The lowest BCUT2D eigenvalue weighted by Crippen LogP contribution is -2.34. The second kappa shape index (κ2) is 6.53. The van der Waals surface area contributed by atoms with Gasteiger partial charge in [0.15, 0.2) is 0 Å². The van der Waals surface area contributed by atoms with Crippen molar-refractivity contribution in [2.75, 3.05) is 0 Å². The Labute approximate surface area is 114 Å². The van der Waals surface area contributed by atoms with Crippen LogP contribution in [0.15, 0.2) is 18.2 Å². The number of hydrogen-bond acceptors (Lipinski definition) is 1. The van der Waals surface area contributed by atoms with E-state index >= 15 is 0 Å². The van der Waals surface area contributed by atoms with Crippen LogP contribution in [-0.2, 0) is 6.54 Å². The van der Waals surface area contributed by atoms with Crippen LogP contribution in [0.5, 0.6) is 0 Å². The first kappa shape index (κ1) is 13.8. The van der Waals surface area contributed by atoms with Gasteiger partial charge < -0.3 is 5.32 Å². The fraction of sp³-hybridized carbons (Fsp3) is 0.600. The maximum Gasteiger partial charge on any atom is 0.127 e. The molecule has 1 aliphatic rings. The Morgan fingerprint density at radius 2 is 2.06 bits per heavy atom. The van der Waals surface area contributed by atoms with E-state index in [0.717, 1.165) is 5.92 Å². The summed E-state index contributed by atoms with van der Waals surface area (Å²) >= 11 is 5.89. The Bertz CT molecular complexity index is 388. The lowest BCUT2D eigenvalue weighted by Gasteiger charge is -2.28. The van der Waals surface area contributed by atoms with Crippen LogP contribution in [0.1, 0.15) is 44.6 Å². The third-order valence-corrected chi connectivity index (χ3v) is 4.21. The van der Waals surface area contributed by atoms with Crippen molar-refractivity contribution in [1.29, 1.82) is 0 Å². The van der Waals surface area contributed by atoms with Crippen LogP contribution in [0.4, 0.5) is 4.39 Å². The molecule has 1 aromatic rings. The predicted octanol–water partition coefficient (Wildman–Crippen LogP) is 4.54. The second-order valence-electron chi connectivity index (χ2n) is 5.30. The Kier molecular flexibility index (Phi) is 5.02. The molecule has 0 spiro atoms. The number of hydrogen-bond donors (Lipinski definition) is 1. The Morgan fingerprint density at radius 1 is 1.33 bits per heavy atom. The van der Waals surface area contributed by atoms with E-state index in [1.54, 1.807) is 12.1 Å². The molecule has 0 saturated heterocycles. The summed E-state index contributed by atoms with van der Waals surface area (Å²) in [6.07, 6.45) is 6.63. The van der Waals surface area contributed by atoms with Gasteiger partial charge in [0.25, 0.3) is 0 Å². The molecular weight excluding hydrogens is 249 g/mol. The van der Waals surface area contributed by atoms with Crippen LogP contribution >= 0.6 is 11.6 Å². The molecule has 0 heterocycles. The summed E-state index contributed by atoms with van der Waals surface area (Å²) in [6, 6.07) is 5.18. The van der Waals surface area contributed by atoms with Gasteiger partial charge in [0.2, 0.25) is 0 Å². The summed E-state index contributed by atoms with van der Waals surface area (Å²) in [4.78, 5) is 0. The zero-order valence-corrected chi connectivity index (χ0v) is 11.6. The van der Waals surface area contributed by atoms with E-state index in [-0.39, 0.29) is 5.82 Å². The summed E-state index contributed by atoms with van der Waals surface area (Å²) < 4.78 is 13.6. The molecule has 1 N–H and O–H groups in total. The number of halogens is 2. The molecule has 0 bridgehead atoms. The molecule has 0 aromatic heterocycles. The van der Waals surface area contributed by atoms with E-state index in [2.05, 4.69) is 12.2 Å². The van der Waals surface area contributed by atoms with Crippen LogP contribution in [0.3, 0.4) is 0 Å². The van der Waals surface area contributed by atoms with Crippen LogP contribution in [0.2, 0.25) is 5.02 Å². The normalized spacial score (nSPS) is 18.8. The number of nitrogens with one attached hydrogen (secondary N) is 1. The molecule has 0 amide bonds. The lowest BCUT2D eigenvalue weighted by molar-refractivity contribution is 0.280. The molecule has 1 aromatic carbocycles. The molecular formula is C15H21ClFN. The molecule has 3 heteroatoms. The SMILES string of the molecule is C[C@H](NCc1cc(Cl)ccc1F)C1CCCCC1. The molecule has 0 aliphatic heterocycles. The summed E-state index contributed by atoms with van der Waals surface area (Å²) in [7, 11) is 0. The van der Waals surface area contributed by atoms with Gasteiger partial charge in [0.05, 0.1) is 0 Å². The molecule has 0 unspecified atom stereocenters. The Morgan fingerprint density at radius 3 is 2.78 bits per heavy atom. The molecule has 2 rings (SSSR count). The standard InChI is InChI=1S/C15H21ClFN/c1-11(12-5-3-2-4-6-12)18-10-13-9-14(16)7-8-15(13)17/h7-9,11-12,18H,2-6,10H2,1H3/t11-/m0/s1. The minimum Gasteiger partial charge on any atom is -0.310 e. The second-order valence-corrected chi connectivity index (χ2v) is 5.74. The van der Waals surface area contributed by atoms with E-state index in [4.69, 9.17) is 11.6 Å². The fourth-order valence-corrected chi connectivity index (χ4v) is 2.95. The van der Waals surface area contributed by atoms with Crippen molar-refractivity contribution in [3.63, 3.8) is 0 Å². The number of benzene rings is 1. The quantitative estimate of drug-likeness (QED) is 0.846. The third-order valence-electron chi connectivity index (χ3n) is 3.98. The van der Waals surface area contributed by atoms with Crippen LogP contribution in [0, 0.1) is 11.7 Å². The van der Waals surface area contributed by atoms with Crippen molar-refractivity contribution >= 4 is 11.6 Å². The third kappa shape index (κ3) is 3.69. The molecule has 1 atom stereocenters. The highest BCUT2D eigenvalue weighted by molar-refractivity contribution is 6.30. The zero-order chi connectivity index (χ0) is 13.0. The first-order valence-electron chi connectivity index (χ1n) is 6.84. The van der Waals surface area contributed by atoms with Crippen molar-refractivity contribution in [1.82, 2.24) is 5.32 Å². The first-order valence-corrected chi connectivity index (χ1v) is 7.22. The molecule has 1 saturated carbocycles. The summed E-state index contributed by atoms with van der Waals surface area (Å²) in [5, 5.41) is 4.03. The van der Waals surface area contributed by atoms with Crippen LogP contribution in [0.25, 0.3) is 0 Å². The summed E-state index contributed by atoms with van der Waals surface area (Å²) in [5.41, 5.74) is 0.658. The van der Waals surface area contributed by atoms with Gasteiger partial charge in [-0.05, 0) is 43.9 Å². The number of rotatable bonds is 4. The van der Waals surface area contributed by atoms with E-state index in [9.17, 15) is 4.39 Å². The Hall–Kier alpha value is -0.600. The predicted molar refractivity (Wildman–Crippen MR) is 74.3 cm³/mol. The smallest absolute Gasteiger partial charge is 0.127 e. The van der Waals surface area contributed by atoms with Gasteiger partial charge in [-0.15, -0.1) is 0 Å². The largest absolute Gasteiger partial charge is 0.310 e. The Balaban J connectivity index is 1.88. The minimum absolute atomic E-state index is 0.178. The monoisotopic (exact) mass is 269 g/mol. The summed E-state index contributed by atoms with van der Waals surface area (Å²) in [5.74, 6) is 0.559. The van der Waals surface area contributed by atoms with E-state index < -0.39 is 0 Å². The lowest BCUT2D eigenvalue weighted by atomic mass is 9.84. The molecule has 1 nitrogen and oxygen atoms in total. The average Bonchev–Trinajstić information content (AvgIpc) is 2.40. The highest BCUT2D eigenvalue weighted by atomic mass is 35.5. The molecule has 0 radical (unpaired) electrons. The van der Waals surface area contributed by atoms with Gasteiger partial charge in [-0.2, -0.15) is 0 Å². The van der Waals surface area contributed by atoms with Crippen molar-refractivity contribution in [2.45, 2.75) is 51.6 Å². The van der Waals surface area contributed by atoms with Gasteiger partial charge in [0, 0.05) is 23.2 Å². The molecule has 100 valence electrons. The van der Waals surface area contributed by atoms with Crippen molar-refractivity contribution < 1.29 is 4.39 Å². The van der Waals surface area contributed by atoms with E-state index in [1.165, 1.54) is 38.2 Å². The van der Waals surface area contributed by atoms with Crippen molar-refractivity contribution in [2.24, 2.45) is 5.92 Å². The minimum atomic E-state index is -0.178. The van der Waals surface area contributed by atoms with Gasteiger partial charge in [0.1, 0.15) is 5.82 Å². The highest BCUT2D eigenvalue weighted by Gasteiger charge is 2.19. The molecule has 1 fully saturated rings. The van der Waals surface area contributed by atoms with E-state index in [1.807, 2.05) is 0 Å². The molecule has 1 aliphatic carbocycles. The molecule has 18 heavy (non-hydrogen) atoms.